The number of hydrogen-bond donors (Lipinski definition) is 1. The molecule has 0 aliphatic carbocycles. The van der Waals surface area contributed by atoms with E-state index >= 15 is 0 Å². The number of nitrogens with one attached hydrogen (secondary N) is 1. The lowest BCUT2D eigenvalue weighted by molar-refractivity contribution is 0.459. The van der Waals surface area contributed by atoms with E-state index in [1.54, 1.807) is 6.26 Å². The van der Waals surface area contributed by atoms with Crippen LogP contribution in [0.4, 0.5) is 0 Å². The average molecular weight is 247 g/mol. The zero-order valence-electron chi connectivity index (χ0n) is 10.3. The SMILES string of the molecule is C1=CC(c2c[nH]c3ccccc23)c2ccccc2O1. The lowest BCUT2D eigenvalue weighted by atomic mass is 9.89. The van der Waals surface area contributed by atoms with Crippen LogP contribution in [0.15, 0.2) is 67.1 Å². The van der Waals surface area contributed by atoms with Crippen molar-refractivity contribution in [2.45, 2.75) is 5.92 Å². The molecule has 3 aromatic rings. The maximum absolute atomic E-state index is 5.57. The van der Waals surface area contributed by atoms with Gasteiger partial charge in [0.1, 0.15) is 5.75 Å². The molecule has 0 saturated carbocycles. The summed E-state index contributed by atoms with van der Waals surface area (Å²) in [6.45, 7) is 0. The Morgan fingerprint density at radius 3 is 2.74 bits per heavy atom. The number of allylic oxidation sites excluding steroid dienone is 1. The Labute approximate surface area is 111 Å². The molecule has 1 aromatic heterocycles. The quantitative estimate of drug-likeness (QED) is 0.684. The van der Waals surface area contributed by atoms with Crippen LogP contribution < -0.4 is 4.74 Å². The number of ether oxygens (including phenoxy) is 1. The highest BCUT2D eigenvalue weighted by Gasteiger charge is 2.21. The van der Waals surface area contributed by atoms with Gasteiger partial charge in [0.2, 0.25) is 0 Å². The fourth-order valence-corrected chi connectivity index (χ4v) is 2.76. The zero-order valence-corrected chi connectivity index (χ0v) is 10.3. The summed E-state index contributed by atoms with van der Waals surface area (Å²) in [5, 5.41) is 1.27. The van der Waals surface area contributed by atoms with Crippen molar-refractivity contribution in [1.29, 1.82) is 0 Å². The van der Waals surface area contributed by atoms with E-state index in [0.717, 1.165) is 5.75 Å². The van der Waals surface area contributed by atoms with Crippen molar-refractivity contribution in [3.8, 4) is 5.75 Å². The molecule has 92 valence electrons. The molecule has 0 saturated heterocycles. The molecule has 1 N–H and O–H groups in total. The van der Waals surface area contributed by atoms with Gasteiger partial charge in [0, 0.05) is 28.6 Å². The first-order chi connectivity index (χ1) is 9.43. The molecule has 0 spiro atoms. The van der Waals surface area contributed by atoms with Crippen molar-refractivity contribution in [2.75, 3.05) is 0 Å². The molecule has 2 aromatic carbocycles. The third kappa shape index (κ3) is 1.57. The normalized spacial score (nSPS) is 17.2. The molecule has 1 atom stereocenters. The van der Waals surface area contributed by atoms with Crippen LogP contribution in [0, 0.1) is 0 Å². The molecule has 1 aliphatic heterocycles. The Hall–Kier alpha value is -2.48. The number of rotatable bonds is 1. The first-order valence-corrected chi connectivity index (χ1v) is 6.42. The van der Waals surface area contributed by atoms with E-state index in [9.17, 15) is 0 Å². The maximum Gasteiger partial charge on any atom is 0.130 e. The van der Waals surface area contributed by atoms with E-state index in [4.69, 9.17) is 4.74 Å². The van der Waals surface area contributed by atoms with Crippen molar-refractivity contribution < 1.29 is 4.74 Å². The predicted octanol–water partition coefficient (Wildman–Crippen LogP) is 4.21. The van der Waals surface area contributed by atoms with Crippen molar-refractivity contribution >= 4 is 10.9 Å². The highest BCUT2D eigenvalue weighted by molar-refractivity contribution is 5.84. The second-order valence-corrected chi connectivity index (χ2v) is 4.75. The van der Waals surface area contributed by atoms with Gasteiger partial charge in [-0.2, -0.15) is 0 Å². The first kappa shape index (κ1) is 10.4. The third-order valence-electron chi connectivity index (χ3n) is 3.68. The summed E-state index contributed by atoms with van der Waals surface area (Å²) in [7, 11) is 0. The monoisotopic (exact) mass is 247 g/mol. The molecule has 0 fully saturated rings. The van der Waals surface area contributed by atoms with E-state index in [0.29, 0.717) is 0 Å². The largest absolute Gasteiger partial charge is 0.465 e. The van der Waals surface area contributed by atoms with Gasteiger partial charge in [-0.3, -0.25) is 0 Å². The summed E-state index contributed by atoms with van der Waals surface area (Å²) in [6.07, 6.45) is 5.99. The Morgan fingerprint density at radius 1 is 0.895 bits per heavy atom. The Balaban J connectivity index is 1.93. The number of aromatic nitrogens is 1. The molecule has 0 amide bonds. The minimum atomic E-state index is 0.251. The van der Waals surface area contributed by atoms with Crippen LogP contribution in [0.3, 0.4) is 0 Å². The lowest BCUT2D eigenvalue weighted by Crippen LogP contribution is -2.04. The fourth-order valence-electron chi connectivity index (χ4n) is 2.76. The molecule has 2 nitrogen and oxygen atoms in total. The molecule has 1 unspecified atom stereocenters. The van der Waals surface area contributed by atoms with Gasteiger partial charge in [0.25, 0.3) is 0 Å². The predicted molar refractivity (Wildman–Crippen MR) is 76.4 cm³/mol. The van der Waals surface area contributed by atoms with E-state index in [-0.39, 0.29) is 5.92 Å². The van der Waals surface area contributed by atoms with Gasteiger partial charge in [-0.1, -0.05) is 36.4 Å². The van der Waals surface area contributed by atoms with Crippen molar-refractivity contribution in [3.05, 3.63) is 78.2 Å². The van der Waals surface area contributed by atoms with Crippen LogP contribution in [-0.2, 0) is 0 Å². The maximum atomic E-state index is 5.57. The van der Waals surface area contributed by atoms with Crippen LogP contribution in [-0.4, -0.2) is 4.98 Å². The summed E-state index contributed by atoms with van der Waals surface area (Å²) in [4.78, 5) is 3.34. The van der Waals surface area contributed by atoms with Crippen LogP contribution >= 0.6 is 0 Å². The fraction of sp³-hybridized carbons (Fsp3) is 0.0588. The van der Waals surface area contributed by atoms with Gasteiger partial charge in [-0.05, 0) is 23.8 Å². The minimum absolute atomic E-state index is 0.251. The second-order valence-electron chi connectivity index (χ2n) is 4.75. The molecule has 2 heteroatoms. The Morgan fingerprint density at radius 2 is 1.74 bits per heavy atom. The van der Waals surface area contributed by atoms with Crippen LogP contribution in [0.2, 0.25) is 0 Å². The molecular weight excluding hydrogens is 234 g/mol. The smallest absolute Gasteiger partial charge is 0.130 e. The minimum Gasteiger partial charge on any atom is -0.465 e. The standard InChI is InChI=1S/C17H13NO/c1-3-7-16-13(5-1)15(11-18-16)12-9-10-19-17-8-4-2-6-14(12)17/h1-12,18H. The topological polar surface area (TPSA) is 25.0 Å². The molecule has 0 bridgehead atoms. The van der Waals surface area contributed by atoms with Gasteiger partial charge < -0.3 is 9.72 Å². The molecule has 1 aliphatic rings. The lowest BCUT2D eigenvalue weighted by Gasteiger charge is -2.20. The zero-order chi connectivity index (χ0) is 12.7. The van der Waals surface area contributed by atoms with Crippen LogP contribution in [0.25, 0.3) is 10.9 Å². The number of para-hydroxylation sites is 2. The summed E-state index contributed by atoms with van der Waals surface area (Å²) in [5.74, 6) is 1.20. The second kappa shape index (κ2) is 4.02. The van der Waals surface area contributed by atoms with E-state index < -0.39 is 0 Å². The summed E-state index contributed by atoms with van der Waals surface area (Å²) in [5.41, 5.74) is 3.69. The highest BCUT2D eigenvalue weighted by Crippen LogP contribution is 2.38. The Kier molecular flexibility index (Phi) is 2.21. The number of aromatic amines is 1. The molecular formula is C17H13NO. The number of benzene rings is 2. The summed E-state index contributed by atoms with van der Waals surface area (Å²) < 4.78 is 5.57. The van der Waals surface area contributed by atoms with Crippen molar-refractivity contribution in [2.24, 2.45) is 0 Å². The molecule has 19 heavy (non-hydrogen) atoms. The number of fused-ring (bicyclic) bond motifs is 2. The molecule has 4 rings (SSSR count). The molecule has 0 radical (unpaired) electrons. The van der Waals surface area contributed by atoms with Crippen molar-refractivity contribution in [3.63, 3.8) is 0 Å². The Bertz CT molecular complexity index is 770. The number of H-pyrrole nitrogens is 1. The average Bonchev–Trinajstić information content (AvgIpc) is 2.90. The van der Waals surface area contributed by atoms with Gasteiger partial charge in [-0.15, -0.1) is 0 Å². The van der Waals surface area contributed by atoms with E-state index in [2.05, 4.69) is 53.7 Å². The number of hydrogen-bond acceptors (Lipinski definition) is 1. The first-order valence-electron chi connectivity index (χ1n) is 6.42. The third-order valence-corrected chi connectivity index (χ3v) is 3.68. The highest BCUT2D eigenvalue weighted by atomic mass is 16.5. The van der Waals surface area contributed by atoms with E-state index in [1.165, 1.54) is 22.0 Å². The van der Waals surface area contributed by atoms with Gasteiger partial charge in [0.05, 0.1) is 6.26 Å². The van der Waals surface area contributed by atoms with Gasteiger partial charge >= 0.3 is 0 Å². The van der Waals surface area contributed by atoms with Crippen molar-refractivity contribution in [1.82, 2.24) is 4.98 Å². The van der Waals surface area contributed by atoms with Crippen LogP contribution in [0.5, 0.6) is 5.75 Å². The van der Waals surface area contributed by atoms with Gasteiger partial charge in [-0.25, -0.2) is 0 Å². The van der Waals surface area contributed by atoms with Crippen LogP contribution in [0.1, 0.15) is 17.0 Å². The molecule has 2 heterocycles. The van der Waals surface area contributed by atoms with E-state index in [1.807, 2.05) is 12.1 Å². The summed E-state index contributed by atoms with van der Waals surface area (Å²) >= 11 is 0. The van der Waals surface area contributed by atoms with Gasteiger partial charge in [0.15, 0.2) is 0 Å². The summed E-state index contributed by atoms with van der Waals surface area (Å²) in [6, 6.07) is 16.6.